The zero-order valence-electron chi connectivity index (χ0n) is 9.09. The Morgan fingerprint density at radius 1 is 1.31 bits per heavy atom. The molecule has 2 rings (SSSR count). The van der Waals surface area contributed by atoms with E-state index in [4.69, 9.17) is 14.5 Å². The minimum Gasteiger partial charge on any atom is -0.318 e. The Balaban J connectivity index is 1.91. The molecule has 1 heterocycles. The Bertz CT molecular complexity index is 364. The van der Waals surface area contributed by atoms with E-state index in [0.717, 1.165) is 23.8 Å². The molecule has 1 aromatic rings. The fourth-order valence-electron chi connectivity index (χ4n) is 1.67. The van der Waals surface area contributed by atoms with Gasteiger partial charge in [-0.15, -0.1) is 0 Å². The van der Waals surface area contributed by atoms with E-state index in [2.05, 4.69) is 0 Å². The Hall–Kier alpha value is -1.23. The second-order valence-electron chi connectivity index (χ2n) is 3.68. The second-order valence-corrected chi connectivity index (χ2v) is 3.68. The van der Waals surface area contributed by atoms with Gasteiger partial charge >= 0.3 is 0 Å². The number of hydrogen-bond donors (Lipinski definition) is 0. The number of rotatable bonds is 4. The maximum absolute atomic E-state index is 10.8. The van der Waals surface area contributed by atoms with Crippen molar-refractivity contribution >= 4 is 6.29 Å². The van der Waals surface area contributed by atoms with Gasteiger partial charge in [0.25, 0.3) is 0 Å². The lowest BCUT2D eigenvalue weighted by molar-refractivity contribution is -0.294. The lowest BCUT2D eigenvalue weighted by Gasteiger charge is -2.07. The highest BCUT2D eigenvalue weighted by Gasteiger charge is 2.23. The number of carbonyl (C=O) groups is 1. The van der Waals surface area contributed by atoms with Gasteiger partial charge in [-0.2, -0.15) is 0 Å². The van der Waals surface area contributed by atoms with Crippen LogP contribution in [-0.4, -0.2) is 18.9 Å². The molecule has 2 atom stereocenters. The fraction of sp³-hybridized carbons (Fsp3) is 0.417. The van der Waals surface area contributed by atoms with Gasteiger partial charge in [0.05, 0.1) is 0 Å². The first-order valence-corrected chi connectivity index (χ1v) is 5.30. The van der Waals surface area contributed by atoms with Crippen molar-refractivity contribution in [2.24, 2.45) is 0 Å². The summed E-state index contributed by atoms with van der Waals surface area (Å²) in [5.74, 6) is 0. The van der Waals surface area contributed by atoms with E-state index in [1.54, 1.807) is 13.0 Å². The molecule has 1 aliphatic heterocycles. The molecule has 4 nitrogen and oxygen atoms in total. The van der Waals surface area contributed by atoms with Crippen LogP contribution in [0.4, 0.5) is 0 Å². The van der Waals surface area contributed by atoms with Crippen LogP contribution in [0, 0.1) is 0 Å². The minimum atomic E-state index is -0.338. The van der Waals surface area contributed by atoms with Gasteiger partial charge in [-0.05, 0) is 18.9 Å². The van der Waals surface area contributed by atoms with Crippen molar-refractivity contribution in [3.05, 3.63) is 35.4 Å². The van der Waals surface area contributed by atoms with Gasteiger partial charge in [-0.3, -0.25) is 4.79 Å². The van der Waals surface area contributed by atoms with Crippen LogP contribution in [0.3, 0.4) is 0 Å². The molecule has 0 saturated carbocycles. The van der Waals surface area contributed by atoms with Crippen molar-refractivity contribution in [2.45, 2.75) is 32.3 Å². The number of hydrogen-bond acceptors (Lipinski definition) is 4. The summed E-state index contributed by atoms with van der Waals surface area (Å²) in [7, 11) is 0. The third kappa shape index (κ3) is 2.66. The first-order chi connectivity index (χ1) is 7.79. The van der Waals surface area contributed by atoms with Gasteiger partial charge in [0.15, 0.2) is 12.6 Å². The molecular formula is C12H14O4. The first-order valence-electron chi connectivity index (χ1n) is 5.30. The molecule has 1 aliphatic rings. The van der Waals surface area contributed by atoms with Crippen molar-refractivity contribution < 1.29 is 19.3 Å². The van der Waals surface area contributed by atoms with Crippen molar-refractivity contribution in [3.63, 3.8) is 0 Å². The third-order valence-electron chi connectivity index (χ3n) is 2.47. The first kappa shape index (κ1) is 11.3. The van der Waals surface area contributed by atoms with Crippen LogP contribution in [0.25, 0.3) is 0 Å². The topological polar surface area (TPSA) is 44.8 Å². The van der Waals surface area contributed by atoms with E-state index < -0.39 is 0 Å². The summed E-state index contributed by atoms with van der Waals surface area (Å²) < 4.78 is 5.32. The highest BCUT2D eigenvalue weighted by molar-refractivity contribution is 5.77. The fourth-order valence-corrected chi connectivity index (χ4v) is 1.67. The number of aryl methyl sites for hydroxylation is 1. The van der Waals surface area contributed by atoms with Crippen LogP contribution in [0.15, 0.2) is 24.3 Å². The molecule has 0 spiro atoms. The van der Waals surface area contributed by atoms with E-state index in [0.29, 0.717) is 6.42 Å². The predicted molar refractivity (Wildman–Crippen MR) is 56.7 cm³/mol. The van der Waals surface area contributed by atoms with Crippen LogP contribution in [-0.2, 0) is 20.9 Å². The molecule has 0 aliphatic carbocycles. The van der Waals surface area contributed by atoms with E-state index in [1.807, 2.05) is 18.2 Å². The van der Waals surface area contributed by atoms with Crippen LogP contribution < -0.4 is 0 Å². The molecule has 0 amide bonds. The number of ether oxygens (including phenoxy) is 1. The molecule has 0 bridgehead atoms. The van der Waals surface area contributed by atoms with Crippen LogP contribution in [0.5, 0.6) is 0 Å². The number of aldehydes is 1. The van der Waals surface area contributed by atoms with Gasteiger partial charge in [0.2, 0.25) is 0 Å². The molecule has 1 fully saturated rings. The quantitative estimate of drug-likeness (QED) is 0.578. The Morgan fingerprint density at radius 3 is 2.81 bits per heavy atom. The SMILES string of the molecule is C[C@@H]1OO[C@@H](CCc2ccccc2C=O)O1. The van der Waals surface area contributed by atoms with Gasteiger partial charge < -0.3 is 4.74 Å². The lowest BCUT2D eigenvalue weighted by atomic mass is 10.0. The minimum absolute atomic E-state index is 0.314. The average Bonchev–Trinajstić information content (AvgIpc) is 2.73. The van der Waals surface area contributed by atoms with E-state index in [-0.39, 0.29) is 12.6 Å². The Labute approximate surface area is 94.0 Å². The van der Waals surface area contributed by atoms with Crippen LogP contribution >= 0.6 is 0 Å². The molecule has 86 valence electrons. The standard InChI is InChI=1S/C12H14O4/c1-9-14-12(16-15-9)7-6-10-4-2-3-5-11(10)8-13/h2-5,8-9,12H,6-7H2,1H3/t9-,12-/m0/s1. The van der Waals surface area contributed by atoms with Crippen LogP contribution in [0.1, 0.15) is 29.3 Å². The lowest BCUT2D eigenvalue weighted by Crippen LogP contribution is -2.11. The summed E-state index contributed by atoms with van der Waals surface area (Å²) in [5, 5.41) is 0. The Kier molecular flexibility index (Phi) is 3.66. The van der Waals surface area contributed by atoms with Crippen molar-refractivity contribution in [3.8, 4) is 0 Å². The second kappa shape index (κ2) is 5.21. The van der Waals surface area contributed by atoms with Crippen LogP contribution in [0.2, 0.25) is 0 Å². The normalized spacial score (nSPS) is 24.6. The average molecular weight is 222 g/mol. The van der Waals surface area contributed by atoms with Gasteiger partial charge in [0, 0.05) is 12.0 Å². The molecule has 0 N–H and O–H groups in total. The zero-order chi connectivity index (χ0) is 11.4. The summed E-state index contributed by atoms with van der Waals surface area (Å²) in [6, 6.07) is 7.50. The van der Waals surface area contributed by atoms with E-state index in [9.17, 15) is 4.79 Å². The highest BCUT2D eigenvalue weighted by atomic mass is 17.3. The summed E-state index contributed by atoms with van der Waals surface area (Å²) in [4.78, 5) is 20.6. The third-order valence-corrected chi connectivity index (χ3v) is 2.47. The maximum atomic E-state index is 10.8. The molecule has 4 heteroatoms. The highest BCUT2D eigenvalue weighted by Crippen LogP contribution is 2.18. The van der Waals surface area contributed by atoms with Gasteiger partial charge in [-0.25, -0.2) is 9.78 Å². The Morgan fingerprint density at radius 2 is 2.12 bits per heavy atom. The molecule has 1 aromatic carbocycles. The van der Waals surface area contributed by atoms with Crippen molar-refractivity contribution in [1.29, 1.82) is 0 Å². The molecular weight excluding hydrogens is 208 g/mol. The number of benzene rings is 1. The number of carbonyl (C=O) groups excluding carboxylic acids is 1. The van der Waals surface area contributed by atoms with Crippen molar-refractivity contribution in [2.75, 3.05) is 0 Å². The monoisotopic (exact) mass is 222 g/mol. The van der Waals surface area contributed by atoms with Crippen molar-refractivity contribution in [1.82, 2.24) is 0 Å². The molecule has 0 unspecified atom stereocenters. The molecule has 1 saturated heterocycles. The van der Waals surface area contributed by atoms with E-state index in [1.165, 1.54) is 0 Å². The summed E-state index contributed by atoms with van der Waals surface area (Å²) >= 11 is 0. The maximum Gasteiger partial charge on any atom is 0.194 e. The van der Waals surface area contributed by atoms with Gasteiger partial charge in [0.1, 0.15) is 6.29 Å². The molecule has 16 heavy (non-hydrogen) atoms. The summed E-state index contributed by atoms with van der Waals surface area (Å²) in [6.07, 6.45) is 1.62. The predicted octanol–water partition coefficient (Wildman–Crippen LogP) is 2.08. The summed E-state index contributed by atoms with van der Waals surface area (Å²) in [6.45, 7) is 1.78. The molecule has 0 radical (unpaired) electrons. The molecule has 0 aromatic heterocycles. The summed E-state index contributed by atoms with van der Waals surface area (Å²) in [5.41, 5.74) is 1.72. The largest absolute Gasteiger partial charge is 0.318 e. The zero-order valence-corrected chi connectivity index (χ0v) is 9.09. The smallest absolute Gasteiger partial charge is 0.194 e. The van der Waals surface area contributed by atoms with E-state index >= 15 is 0 Å². The van der Waals surface area contributed by atoms with Gasteiger partial charge in [-0.1, -0.05) is 24.3 Å².